The van der Waals surface area contributed by atoms with Crippen molar-refractivity contribution in [3.63, 3.8) is 0 Å². The highest BCUT2D eigenvalue weighted by molar-refractivity contribution is 6.30. The second kappa shape index (κ2) is 12.1. The fourth-order valence-corrected chi connectivity index (χ4v) is 5.37. The molecular weight excluding hydrogens is 516 g/mol. The van der Waals surface area contributed by atoms with Crippen molar-refractivity contribution in [2.75, 3.05) is 44.2 Å². The Labute approximate surface area is 232 Å². The Hall–Kier alpha value is -3.56. The Morgan fingerprint density at radius 2 is 1.67 bits per heavy atom. The number of aryl methyl sites for hydroxylation is 3. The fraction of sp³-hybridized carbons (Fsp3) is 0.414. The van der Waals surface area contributed by atoms with Gasteiger partial charge in [-0.2, -0.15) is 4.98 Å². The van der Waals surface area contributed by atoms with Gasteiger partial charge in [0.05, 0.1) is 6.61 Å². The Bertz CT molecular complexity index is 1540. The van der Waals surface area contributed by atoms with Crippen LogP contribution in [0.15, 0.2) is 64.2 Å². The van der Waals surface area contributed by atoms with Crippen molar-refractivity contribution < 1.29 is 4.74 Å². The second-order valence-corrected chi connectivity index (χ2v) is 10.5. The summed E-state index contributed by atoms with van der Waals surface area (Å²) >= 11 is 6.16. The highest BCUT2D eigenvalue weighted by Gasteiger charge is 2.21. The van der Waals surface area contributed by atoms with Crippen LogP contribution in [0.4, 0.5) is 5.69 Å². The number of imidazole rings is 1. The van der Waals surface area contributed by atoms with Crippen molar-refractivity contribution in [2.24, 2.45) is 14.1 Å². The van der Waals surface area contributed by atoms with Crippen LogP contribution in [-0.4, -0.2) is 62.9 Å². The van der Waals surface area contributed by atoms with E-state index >= 15 is 0 Å². The molecule has 9 nitrogen and oxygen atoms in total. The molecule has 3 heterocycles. The van der Waals surface area contributed by atoms with E-state index in [4.69, 9.17) is 16.3 Å². The van der Waals surface area contributed by atoms with Crippen molar-refractivity contribution in [1.29, 1.82) is 0 Å². The van der Waals surface area contributed by atoms with Crippen LogP contribution >= 0.6 is 11.6 Å². The van der Waals surface area contributed by atoms with E-state index in [0.717, 1.165) is 67.3 Å². The number of piperazine rings is 1. The topological polar surface area (TPSA) is 77.5 Å². The van der Waals surface area contributed by atoms with Crippen LogP contribution in [0, 0.1) is 0 Å². The quantitative estimate of drug-likeness (QED) is 0.282. The van der Waals surface area contributed by atoms with Crippen LogP contribution in [0.1, 0.15) is 18.4 Å². The molecule has 0 aliphatic carbocycles. The molecule has 1 aliphatic heterocycles. The first-order chi connectivity index (χ1) is 18.9. The van der Waals surface area contributed by atoms with Gasteiger partial charge in [0, 0.05) is 64.1 Å². The molecule has 0 atom stereocenters. The van der Waals surface area contributed by atoms with Gasteiger partial charge in [0.25, 0.3) is 11.6 Å². The molecule has 0 saturated carbocycles. The van der Waals surface area contributed by atoms with Gasteiger partial charge < -0.3 is 9.64 Å². The first-order valence-electron chi connectivity index (χ1n) is 13.5. The number of halogens is 1. The van der Waals surface area contributed by atoms with E-state index in [9.17, 15) is 9.59 Å². The molecule has 39 heavy (non-hydrogen) atoms. The van der Waals surface area contributed by atoms with Crippen molar-refractivity contribution in [2.45, 2.75) is 25.8 Å². The van der Waals surface area contributed by atoms with E-state index in [0.29, 0.717) is 30.3 Å². The smallest absolute Gasteiger partial charge is 0.332 e. The van der Waals surface area contributed by atoms with Gasteiger partial charge in [-0.3, -0.25) is 23.4 Å². The van der Waals surface area contributed by atoms with Crippen LogP contribution in [0.5, 0.6) is 6.01 Å². The van der Waals surface area contributed by atoms with Crippen molar-refractivity contribution >= 4 is 28.5 Å². The number of aromatic nitrogens is 4. The van der Waals surface area contributed by atoms with Crippen molar-refractivity contribution in [3.05, 3.63) is 86.0 Å². The number of anilines is 1. The summed E-state index contributed by atoms with van der Waals surface area (Å²) in [6, 6.07) is 18.6. The fourth-order valence-electron chi connectivity index (χ4n) is 5.18. The molecule has 1 aliphatic rings. The van der Waals surface area contributed by atoms with E-state index in [1.807, 2.05) is 41.0 Å². The third-order valence-electron chi connectivity index (χ3n) is 7.40. The lowest BCUT2D eigenvalue weighted by molar-refractivity contribution is 0.214. The summed E-state index contributed by atoms with van der Waals surface area (Å²) in [6.45, 7) is 5.82. The van der Waals surface area contributed by atoms with Gasteiger partial charge in [0.15, 0.2) is 11.2 Å². The number of hydrogen-bond acceptors (Lipinski definition) is 6. The number of rotatable bonds is 10. The molecule has 2 aromatic heterocycles. The maximum Gasteiger partial charge on any atom is 0.332 e. The van der Waals surface area contributed by atoms with E-state index in [1.165, 1.54) is 17.2 Å². The molecule has 5 rings (SSSR count). The molecule has 10 heteroatoms. The minimum absolute atomic E-state index is 0.354. The molecule has 2 aromatic carbocycles. The zero-order chi connectivity index (χ0) is 27.4. The van der Waals surface area contributed by atoms with Crippen molar-refractivity contribution in [3.8, 4) is 6.01 Å². The molecular formula is C29H35ClN6O3. The van der Waals surface area contributed by atoms with Crippen LogP contribution < -0.4 is 20.9 Å². The number of ether oxygens (including phenoxy) is 1. The van der Waals surface area contributed by atoms with Crippen LogP contribution in [-0.2, 0) is 27.1 Å². The van der Waals surface area contributed by atoms with Gasteiger partial charge in [0.2, 0.25) is 0 Å². The first kappa shape index (κ1) is 27.0. The molecule has 206 valence electrons. The van der Waals surface area contributed by atoms with Crippen LogP contribution in [0.25, 0.3) is 11.2 Å². The summed E-state index contributed by atoms with van der Waals surface area (Å²) in [5.41, 5.74) is 2.41. The molecule has 0 radical (unpaired) electrons. The third-order valence-corrected chi connectivity index (χ3v) is 7.63. The summed E-state index contributed by atoms with van der Waals surface area (Å²) in [4.78, 5) is 35.0. The number of hydrogen-bond donors (Lipinski definition) is 0. The summed E-state index contributed by atoms with van der Waals surface area (Å²) < 4.78 is 10.5. The van der Waals surface area contributed by atoms with Crippen LogP contribution in [0.2, 0.25) is 5.02 Å². The van der Waals surface area contributed by atoms with Crippen molar-refractivity contribution in [1.82, 2.24) is 23.6 Å². The lowest BCUT2D eigenvalue weighted by Gasteiger charge is -2.36. The normalized spacial score (nSPS) is 14.3. The maximum absolute atomic E-state index is 13.1. The number of benzene rings is 2. The molecule has 0 amide bonds. The van der Waals surface area contributed by atoms with Gasteiger partial charge in [-0.15, -0.1) is 0 Å². The molecule has 1 fully saturated rings. The SMILES string of the molecule is Cn1c(=O)c2c(nc(OCCCN3CCN(c4cccc(Cl)c4)CC3)n2CCCc2ccccc2)n(C)c1=O. The Kier molecular flexibility index (Phi) is 8.38. The molecule has 0 N–H and O–H groups in total. The van der Waals surface area contributed by atoms with Gasteiger partial charge in [-0.05, 0) is 43.0 Å². The molecule has 0 spiro atoms. The maximum atomic E-state index is 13.1. The lowest BCUT2D eigenvalue weighted by atomic mass is 10.1. The molecule has 0 unspecified atom stereocenters. The number of nitrogens with zero attached hydrogens (tertiary/aromatic N) is 6. The lowest BCUT2D eigenvalue weighted by Crippen LogP contribution is -2.46. The predicted molar refractivity (Wildman–Crippen MR) is 155 cm³/mol. The second-order valence-electron chi connectivity index (χ2n) is 10.0. The Morgan fingerprint density at radius 3 is 2.41 bits per heavy atom. The Balaban J connectivity index is 1.22. The monoisotopic (exact) mass is 550 g/mol. The van der Waals surface area contributed by atoms with E-state index < -0.39 is 5.69 Å². The van der Waals surface area contributed by atoms with Gasteiger partial charge >= 0.3 is 5.69 Å². The highest BCUT2D eigenvalue weighted by atomic mass is 35.5. The summed E-state index contributed by atoms with van der Waals surface area (Å²) in [5.74, 6) is 0. The first-order valence-corrected chi connectivity index (χ1v) is 13.9. The van der Waals surface area contributed by atoms with Gasteiger partial charge in [-0.25, -0.2) is 4.79 Å². The third kappa shape index (κ3) is 6.04. The van der Waals surface area contributed by atoms with Crippen LogP contribution in [0.3, 0.4) is 0 Å². The summed E-state index contributed by atoms with van der Waals surface area (Å²) in [6.07, 6.45) is 2.52. The average molecular weight is 551 g/mol. The van der Waals surface area contributed by atoms with Gasteiger partial charge in [-0.1, -0.05) is 48.0 Å². The molecule has 1 saturated heterocycles. The summed E-state index contributed by atoms with van der Waals surface area (Å²) in [7, 11) is 3.14. The standard InChI is InChI=1S/C29H35ClN6O3/c1-32-26-25(27(37)33(2)29(32)38)36(15-7-11-22-9-4-3-5-10-22)28(31-26)39-20-8-14-34-16-18-35(19-17-34)24-13-6-12-23(30)21-24/h3-6,9-10,12-13,21H,7-8,11,14-20H2,1-2H3. The predicted octanol–water partition coefficient (Wildman–Crippen LogP) is 3.31. The summed E-state index contributed by atoms with van der Waals surface area (Å²) in [5, 5.41) is 0.760. The zero-order valence-electron chi connectivity index (χ0n) is 22.6. The average Bonchev–Trinajstić information content (AvgIpc) is 3.32. The van der Waals surface area contributed by atoms with E-state index in [-0.39, 0.29) is 5.56 Å². The van der Waals surface area contributed by atoms with Gasteiger partial charge in [0.1, 0.15) is 0 Å². The highest BCUT2D eigenvalue weighted by Crippen LogP contribution is 2.22. The zero-order valence-corrected chi connectivity index (χ0v) is 23.3. The Morgan fingerprint density at radius 1 is 0.897 bits per heavy atom. The largest absolute Gasteiger partial charge is 0.465 e. The number of fused-ring (bicyclic) bond motifs is 1. The minimum Gasteiger partial charge on any atom is -0.465 e. The molecule has 4 aromatic rings. The minimum atomic E-state index is -0.398. The van der Waals surface area contributed by atoms with E-state index in [2.05, 4.69) is 33.0 Å². The van der Waals surface area contributed by atoms with E-state index in [1.54, 1.807) is 7.05 Å². The molecule has 0 bridgehead atoms.